The third-order valence-electron chi connectivity index (χ3n) is 2.65. The van der Waals surface area contributed by atoms with Gasteiger partial charge in [-0.3, -0.25) is 3.97 Å². The van der Waals surface area contributed by atoms with E-state index in [0.29, 0.717) is 11.4 Å². The summed E-state index contributed by atoms with van der Waals surface area (Å²) in [5.41, 5.74) is 0.632. The molecule has 3 aromatic rings. The highest BCUT2D eigenvalue weighted by atomic mass is 32.1. The molecule has 0 unspecified atom stereocenters. The number of benzene rings is 1. The van der Waals surface area contributed by atoms with Gasteiger partial charge in [-0.25, -0.2) is 14.8 Å². The normalized spacial score (nSPS) is 10.7. The first-order valence-corrected chi connectivity index (χ1v) is 6.08. The molecule has 0 spiro atoms. The Hall–Kier alpha value is -2.54. The molecule has 0 amide bonds. The van der Waals surface area contributed by atoms with Crippen LogP contribution in [0.2, 0.25) is 0 Å². The van der Waals surface area contributed by atoms with Gasteiger partial charge in [0.15, 0.2) is 5.65 Å². The minimum atomic E-state index is -1.09. The smallest absolute Gasteiger partial charge is 0.339 e. The summed E-state index contributed by atoms with van der Waals surface area (Å²) in [5.74, 6) is -0.261. The Labute approximate surface area is 119 Å². The van der Waals surface area contributed by atoms with Gasteiger partial charge in [0.2, 0.25) is 5.88 Å². The molecule has 1 aromatic carbocycles. The quantitative estimate of drug-likeness (QED) is 0.724. The first-order valence-electron chi connectivity index (χ1n) is 5.68. The second-order valence-corrected chi connectivity index (χ2v) is 4.42. The number of carboxylic acid groups (broad SMARTS) is 1. The van der Waals surface area contributed by atoms with E-state index in [1.54, 1.807) is 12.1 Å². The van der Waals surface area contributed by atoms with Gasteiger partial charge in [0.25, 0.3) is 0 Å². The molecule has 2 heterocycles. The molecular weight excluding hydrogens is 278 g/mol. The van der Waals surface area contributed by atoms with E-state index in [2.05, 4.69) is 22.8 Å². The van der Waals surface area contributed by atoms with Gasteiger partial charge in [0.05, 0.1) is 6.20 Å². The lowest BCUT2D eigenvalue weighted by molar-refractivity contribution is 0.0699. The molecule has 0 saturated carbocycles. The van der Waals surface area contributed by atoms with Crippen LogP contribution in [0.15, 0.2) is 42.7 Å². The Morgan fingerprint density at radius 1 is 1.30 bits per heavy atom. The van der Waals surface area contributed by atoms with Crippen molar-refractivity contribution in [2.24, 2.45) is 0 Å². The summed E-state index contributed by atoms with van der Waals surface area (Å²) >= 11 is 4.11. The zero-order valence-electron chi connectivity index (χ0n) is 10.1. The highest BCUT2D eigenvalue weighted by Crippen LogP contribution is 2.24. The fourth-order valence-electron chi connectivity index (χ4n) is 1.77. The van der Waals surface area contributed by atoms with Crippen molar-refractivity contribution >= 4 is 29.9 Å². The first kappa shape index (κ1) is 12.5. The summed E-state index contributed by atoms with van der Waals surface area (Å²) in [6.07, 6.45) is 2.77. The minimum absolute atomic E-state index is 0.0287. The lowest BCUT2D eigenvalue weighted by Crippen LogP contribution is -1.96. The summed E-state index contributed by atoms with van der Waals surface area (Å²) in [6, 6.07) is 9.06. The van der Waals surface area contributed by atoms with Gasteiger partial charge in [0.1, 0.15) is 16.8 Å². The molecule has 3 rings (SSSR count). The van der Waals surface area contributed by atoms with Crippen LogP contribution in [-0.4, -0.2) is 25.0 Å². The maximum atomic E-state index is 11.1. The Balaban J connectivity index is 2.06. The molecular formula is C13H9N3O3S. The number of para-hydroxylation sites is 1. The third kappa shape index (κ3) is 2.19. The van der Waals surface area contributed by atoms with Gasteiger partial charge in [-0.2, -0.15) is 0 Å². The van der Waals surface area contributed by atoms with E-state index in [1.807, 2.05) is 18.2 Å². The second-order valence-electron chi connectivity index (χ2n) is 3.99. The van der Waals surface area contributed by atoms with Gasteiger partial charge in [0, 0.05) is 6.20 Å². The van der Waals surface area contributed by atoms with E-state index >= 15 is 0 Å². The van der Waals surface area contributed by atoms with Crippen molar-refractivity contribution < 1.29 is 14.6 Å². The molecule has 1 N–H and O–H groups in total. The van der Waals surface area contributed by atoms with Gasteiger partial charge in [-0.1, -0.05) is 31.0 Å². The monoisotopic (exact) mass is 287 g/mol. The summed E-state index contributed by atoms with van der Waals surface area (Å²) < 4.78 is 6.85. The average molecular weight is 287 g/mol. The van der Waals surface area contributed by atoms with Crippen LogP contribution < -0.4 is 4.74 Å². The van der Waals surface area contributed by atoms with Crippen molar-refractivity contribution in [3.05, 3.63) is 48.3 Å². The Morgan fingerprint density at radius 2 is 2.05 bits per heavy atom. The Morgan fingerprint density at radius 3 is 2.75 bits per heavy atom. The fraction of sp³-hybridized carbons (Fsp3) is 0. The third-order valence-corrected chi connectivity index (χ3v) is 2.96. The van der Waals surface area contributed by atoms with Crippen LogP contribution in [0.4, 0.5) is 0 Å². The number of fused-ring (bicyclic) bond motifs is 1. The lowest BCUT2D eigenvalue weighted by atomic mass is 10.3. The molecule has 0 aliphatic rings. The summed E-state index contributed by atoms with van der Waals surface area (Å²) in [5, 5.41) is 9.12. The van der Waals surface area contributed by atoms with Crippen molar-refractivity contribution in [3.8, 4) is 11.6 Å². The highest BCUT2D eigenvalue weighted by molar-refractivity contribution is 7.78. The van der Waals surface area contributed by atoms with Crippen LogP contribution in [0.3, 0.4) is 0 Å². The standard InChI is InChI=1S/C13H9N3O3S/c17-13(18)9-7-16(20)12-11(9)15-10(6-14-12)19-8-4-2-1-3-5-8/h1-7,20H,(H,17,18). The van der Waals surface area contributed by atoms with E-state index in [9.17, 15) is 4.79 Å². The number of hydrogen-bond donors (Lipinski definition) is 2. The van der Waals surface area contributed by atoms with E-state index < -0.39 is 5.97 Å². The van der Waals surface area contributed by atoms with E-state index in [4.69, 9.17) is 9.84 Å². The maximum absolute atomic E-state index is 11.1. The van der Waals surface area contributed by atoms with Crippen molar-refractivity contribution in [1.82, 2.24) is 13.9 Å². The Kier molecular flexibility index (Phi) is 3.03. The first-order chi connectivity index (χ1) is 9.65. The number of carboxylic acids is 1. The number of aromatic nitrogens is 3. The SMILES string of the molecule is O=C(O)c1cn(S)c2ncc(Oc3ccccc3)nc12. The molecule has 0 saturated heterocycles. The van der Waals surface area contributed by atoms with Gasteiger partial charge in [-0.15, -0.1) is 0 Å². The van der Waals surface area contributed by atoms with Crippen LogP contribution in [0.25, 0.3) is 11.2 Å². The lowest BCUT2D eigenvalue weighted by Gasteiger charge is -2.04. The van der Waals surface area contributed by atoms with Crippen molar-refractivity contribution in [2.75, 3.05) is 0 Å². The number of nitrogens with zero attached hydrogens (tertiary/aromatic N) is 3. The van der Waals surface area contributed by atoms with Crippen molar-refractivity contribution in [1.29, 1.82) is 0 Å². The number of ether oxygens (including phenoxy) is 1. The molecule has 0 bridgehead atoms. The topological polar surface area (TPSA) is 77.2 Å². The van der Waals surface area contributed by atoms with Crippen LogP contribution in [-0.2, 0) is 0 Å². The minimum Gasteiger partial charge on any atom is -0.478 e. The van der Waals surface area contributed by atoms with Crippen LogP contribution in [0, 0.1) is 0 Å². The number of carbonyl (C=O) groups is 1. The zero-order chi connectivity index (χ0) is 14.1. The van der Waals surface area contributed by atoms with Gasteiger partial charge in [-0.05, 0) is 12.1 Å². The molecule has 100 valence electrons. The molecule has 0 aliphatic heterocycles. The summed E-state index contributed by atoms with van der Waals surface area (Å²) in [7, 11) is 0. The van der Waals surface area contributed by atoms with Crippen LogP contribution in [0.1, 0.15) is 10.4 Å². The van der Waals surface area contributed by atoms with Gasteiger partial charge < -0.3 is 9.84 Å². The molecule has 7 heteroatoms. The largest absolute Gasteiger partial charge is 0.478 e. The Bertz CT molecular complexity index is 786. The highest BCUT2D eigenvalue weighted by Gasteiger charge is 2.16. The number of aromatic carboxylic acids is 1. The predicted octanol–water partition coefficient (Wildman–Crippen LogP) is 2.61. The van der Waals surface area contributed by atoms with Crippen molar-refractivity contribution in [2.45, 2.75) is 0 Å². The molecule has 0 radical (unpaired) electrons. The fourth-order valence-corrected chi connectivity index (χ4v) is 2.04. The number of rotatable bonds is 3. The van der Waals surface area contributed by atoms with Crippen LogP contribution >= 0.6 is 12.8 Å². The van der Waals surface area contributed by atoms with Crippen molar-refractivity contribution in [3.63, 3.8) is 0 Å². The van der Waals surface area contributed by atoms with E-state index in [-0.39, 0.29) is 17.0 Å². The predicted molar refractivity (Wildman–Crippen MR) is 75.4 cm³/mol. The summed E-state index contributed by atoms with van der Waals surface area (Å²) in [6.45, 7) is 0. The molecule has 0 atom stereocenters. The zero-order valence-corrected chi connectivity index (χ0v) is 11.0. The molecule has 6 nitrogen and oxygen atoms in total. The van der Waals surface area contributed by atoms with Gasteiger partial charge >= 0.3 is 5.97 Å². The molecule has 0 fully saturated rings. The van der Waals surface area contributed by atoms with Crippen LogP contribution in [0.5, 0.6) is 11.6 Å². The van der Waals surface area contributed by atoms with E-state index in [1.165, 1.54) is 16.4 Å². The maximum Gasteiger partial charge on any atom is 0.339 e. The van der Waals surface area contributed by atoms with E-state index in [0.717, 1.165) is 0 Å². The molecule has 2 aromatic heterocycles. The number of hydrogen-bond acceptors (Lipinski definition) is 5. The number of thiol groups is 1. The second kappa shape index (κ2) is 4.86. The average Bonchev–Trinajstić information content (AvgIpc) is 2.77. The molecule has 0 aliphatic carbocycles. The molecule has 20 heavy (non-hydrogen) atoms. The summed E-state index contributed by atoms with van der Waals surface area (Å²) in [4.78, 5) is 19.4.